The number of carbonyl (C=O) groups excluding carboxylic acids is 2. The Labute approximate surface area is 175 Å². The largest absolute Gasteiger partial charge is 0.481 e. The van der Waals surface area contributed by atoms with Gasteiger partial charge < -0.3 is 15.2 Å². The molecule has 6 nitrogen and oxygen atoms in total. The number of hydrogen-bond donors (Lipinski definition) is 2. The monoisotopic (exact) mass is 419 g/mol. The Balaban J connectivity index is 1.63. The molecule has 0 aromatic carbocycles. The van der Waals surface area contributed by atoms with Gasteiger partial charge in [-0.05, 0) is 82.6 Å². The number of anilines is 1. The highest BCUT2D eigenvalue weighted by Gasteiger charge is 2.50. The average molecular weight is 420 g/mol. The minimum absolute atomic E-state index is 0.0789. The van der Waals surface area contributed by atoms with Gasteiger partial charge in [0.1, 0.15) is 5.00 Å². The first-order valence-electron chi connectivity index (χ1n) is 10.8. The van der Waals surface area contributed by atoms with E-state index >= 15 is 0 Å². The summed E-state index contributed by atoms with van der Waals surface area (Å²) in [5, 5.41) is 13.3. The quantitative estimate of drug-likeness (QED) is 0.696. The van der Waals surface area contributed by atoms with Crippen LogP contribution in [0.5, 0.6) is 0 Å². The fraction of sp³-hybridized carbons (Fsp3) is 0.682. The van der Waals surface area contributed by atoms with Crippen LogP contribution in [0, 0.1) is 23.7 Å². The summed E-state index contributed by atoms with van der Waals surface area (Å²) < 4.78 is 5.46. The Bertz CT molecular complexity index is 821. The Morgan fingerprint density at radius 1 is 1.03 bits per heavy atom. The summed E-state index contributed by atoms with van der Waals surface area (Å²) in [7, 11) is 0. The van der Waals surface area contributed by atoms with Crippen molar-refractivity contribution in [2.75, 3.05) is 5.32 Å². The number of carboxylic acids is 1. The summed E-state index contributed by atoms with van der Waals surface area (Å²) in [5.41, 5.74) is 1.49. The standard InChI is InChI=1S/C22H29NO5S/c1-11(2)28-22(27)18-14-5-3-4-6-15(14)29-20(18)23-19(24)16-12-7-9-13(10-8-12)17(16)21(25)26/h11-13,16-17H,3-10H2,1-2H3,(H,23,24)(H,25,26). The number of ether oxygens (including phenoxy) is 1. The van der Waals surface area contributed by atoms with Crippen LogP contribution in [0.15, 0.2) is 0 Å². The third kappa shape index (κ3) is 3.81. The molecule has 0 spiro atoms. The Morgan fingerprint density at radius 2 is 1.66 bits per heavy atom. The minimum Gasteiger partial charge on any atom is -0.481 e. The van der Waals surface area contributed by atoms with E-state index < -0.39 is 23.8 Å². The van der Waals surface area contributed by atoms with Crippen LogP contribution in [0.2, 0.25) is 0 Å². The first-order chi connectivity index (χ1) is 13.9. The molecule has 1 amide bonds. The van der Waals surface area contributed by atoms with Crippen LogP contribution in [0.1, 0.15) is 73.2 Å². The normalized spacial score (nSPS) is 28.1. The molecule has 4 aliphatic rings. The third-order valence-corrected chi connectivity index (χ3v) is 7.97. The Morgan fingerprint density at radius 3 is 2.28 bits per heavy atom. The molecule has 1 aromatic heterocycles. The predicted octanol–water partition coefficient (Wildman–Crippen LogP) is 4.27. The second-order valence-corrected chi connectivity index (χ2v) is 10.0. The van der Waals surface area contributed by atoms with E-state index in [-0.39, 0.29) is 23.8 Å². The maximum Gasteiger partial charge on any atom is 0.341 e. The molecule has 29 heavy (non-hydrogen) atoms. The number of aliphatic carboxylic acids is 1. The van der Waals surface area contributed by atoms with Crippen LogP contribution in [0.25, 0.3) is 0 Å². The van der Waals surface area contributed by atoms with Crippen LogP contribution in [0.4, 0.5) is 5.00 Å². The van der Waals surface area contributed by atoms with Gasteiger partial charge in [-0.3, -0.25) is 9.59 Å². The highest BCUT2D eigenvalue weighted by Crippen LogP contribution is 2.50. The molecule has 0 aliphatic heterocycles. The van der Waals surface area contributed by atoms with Gasteiger partial charge in [-0.25, -0.2) is 4.79 Å². The van der Waals surface area contributed by atoms with Crippen LogP contribution in [0.3, 0.4) is 0 Å². The summed E-state index contributed by atoms with van der Waals surface area (Å²) >= 11 is 1.46. The van der Waals surface area contributed by atoms with Crippen molar-refractivity contribution in [1.82, 2.24) is 0 Å². The van der Waals surface area contributed by atoms with Crippen molar-refractivity contribution in [3.63, 3.8) is 0 Å². The van der Waals surface area contributed by atoms with Gasteiger partial charge in [-0.15, -0.1) is 11.3 Å². The van der Waals surface area contributed by atoms with Crippen molar-refractivity contribution in [3.8, 4) is 0 Å². The van der Waals surface area contributed by atoms with Crippen molar-refractivity contribution in [1.29, 1.82) is 0 Å². The van der Waals surface area contributed by atoms with Gasteiger partial charge in [0.2, 0.25) is 5.91 Å². The highest BCUT2D eigenvalue weighted by atomic mass is 32.1. The summed E-state index contributed by atoms with van der Waals surface area (Å²) in [4.78, 5) is 39.1. The van der Waals surface area contributed by atoms with Crippen molar-refractivity contribution in [3.05, 3.63) is 16.0 Å². The van der Waals surface area contributed by atoms with Crippen LogP contribution in [-0.2, 0) is 27.2 Å². The lowest BCUT2D eigenvalue weighted by Gasteiger charge is -2.45. The smallest absolute Gasteiger partial charge is 0.341 e. The van der Waals surface area contributed by atoms with E-state index in [0.29, 0.717) is 10.6 Å². The summed E-state index contributed by atoms with van der Waals surface area (Å²) in [6, 6.07) is 0. The topological polar surface area (TPSA) is 92.7 Å². The molecule has 3 saturated carbocycles. The SMILES string of the molecule is CC(C)OC(=O)c1c(NC(=O)C2C3CCC(CC3)C2C(=O)O)sc2c1CCCC2. The lowest BCUT2D eigenvalue weighted by Crippen LogP contribution is -2.49. The number of amides is 1. The number of thiophene rings is 1. The van der Waals surface area contributed by atoms with E-state index in [0.717, 1.165) is 61.8 Å². The van der Waals surface area contributed by atoms with Gasteiger partial charge in [-0.1, -0.05) is 0 Å². The van der Waals surface area contributed by atoms with E-state index in [2.05, 4.69) is 5.32 Å². The summed E-state index contributed by atoms with van der Waals surface area (Å²) in [6.45, 7) is 3.62. The van der Waals surface area contributed by atoms with Crippen molar-refractivity contribution in [2.24, 2.45) is 23.7 Å². The molecule has 2 unspecified atom stereocenters. The van der Waals surface area contributed by atoms with Crippen LogP contribution in [-0.4, -0.2) is 29.1 Å². The zero-order valence-corrected chi connectivity index (χ0v) is 17.8. The number of hydrogen-bond acceptors (Lipinski definition) is 5. The summed E-state index contributed by atoms with van der Waals surface area (Å²) in [6.07, 6.45) is 7.19. The summed E-state index contributed by atoms with van der Waals surface area (Å²) in [5.74, 6) is -2.46. The number of rotatable bonds is 5. The predicted molar refractivity (Wildman–Crippen MR) is 110 cm³/mol. The molecule has 2 atom stereocenters. The molecule has 1 heterocycles. The molecule has 2 bridgehead atoms. The van der Waals surface area contributed by atoms with E-state index in [1.54, 1.807) is 0 Å². The lowest BCUT2D eigenvalue weighted by atomic mass is 9.58. The molecule has 158 valence electrons. The zero-order valence-electron chi connectivity index (χ0n) is 17.0. The average Bonchev–Trinajstić information content (AvgIpc) is 3.05. The molecule has 0 saturated heterocycles. The molecule has 7 heteroatoms. The fourth-order valence-corrected chi connectivity index (χ4v) is 6.80. The number of fused-ring (bicyclic) bond motifs is 4. The molecule has 2 N–H and O–H groups in total. The first kappa shape index (κ1) is 20.4. The van der Waals surface area contributed by atoms with Crippen LogP contribution >= 0.6 is 11.3 Å². The lowest BCUT2D eigenvalue weighted by molar-refractivity contribution is -0.156. The molecule has 3 fully saturated rings. The van der Waals surface area contributed by atoms with E-state index in [1.807, 2.05) is 13.8 Å². The minimum atomic E-state index is -0.871. The second kappa shape index (κ2) is 8.09. The molecule has 0 radical (unpaired) electrons. The van der Waals surface area contributed by atoms with Gasteiger partial charge in [-0.2, -0.15) is 0 Å². The molecular formula is C22H29NO5S. The fourth-order valence-electron chi connectivity index (χ4n) is 5.52. The molecular weight excluding hydrogens is 390 g/mol. The van der Waals surface area contributed by atoms with Crippen LogP contribution < -0.4 is 5.32 Å². The molecule has 1 aromatic rings. The van der Waals surface area contributed by atoms with Gasteiger partial charge in [0, 0.05) is 4.88 Å². The van der Waals surface area contributed by atoms with Crippen molar-refractivity contribution >= 4 is 34.2 Å². The maximum atomic E-state index is 13.3. The molecule has 4 aliphatic carbocycles. The second-order valence-electron chi connectivity index (χ2n) is 8.92. The first-order valence-corrected chi connectivity index (χ1v) is 11.6. The van der Waals surface area contributed by atoms with Gasteiger partial charge in [0.25, 0.3) is 0 Å². The maximum absolute atomic E-state index is 13.3. The number of carbonyl (C=O) groups is 3. The van der Waals surface area contributed by atoms with Gasteiger partial charge >= 0.3 is 11.9 Å². The number of nitrogens with one attached hydrogen (secondary N) is 1. The molecule has 5 rings (SSSR count). The Hall–Kier alpha value is -1.89. The van der Waals surface area contributed by atoms with Gasteiger partial charge in [0.05, 0.1) is 23.5 Å². The Kier molecular flexibility index (Phi) is 5.69. The number of carboxylic acid groups (broad SMARTS) is 1. The third-order valence-electron chi connectivity index (χ3n) is 6.76. The number of aryl methyl sites for hydroxylation is 1. The van der Waals surface area contributed by atoms with E-state index in [9.17, 15) is 19.5 Å². The van der Waals surface area contributed by atoms with Crippen molar-refractivity contribution in [2.45, 2.75) is 71.3 Å². The van der Waals surface area contributed by atoms with Crippen molar-refractivity contribution < 1.29 is 24.2 Å². The number of esters is 1. The van der Waals surface area contributed by atoms with Gasteiger partial charge in [0.15, 0.2) is 0 Å². The van der Waals surface area contributed by atoms with E-state index in [1.165, 1.54) is 11.3 Å². The highest BCUT2D eigenvalue weighted by molar-refractivity contribution is 7.17. The zero-order chi connectivity index (χ0) is 20.7. The van der Waals surface area contributed by atoms with E-state index in [4.69, 9.17) is 4.74 Å².